The zero-order valence-corrected chi connectivity index (χ0v) is 20.3. The number of nitrogens with one attached hydrogen (secondary N) is 2. The lowest BCUT2D eigenvalue weighted by molar-refractivity contribution is 0.677. The van der Waals surface area contributed by atoms with E-state index in [9.17, 15) is 0 Å². The predicted octanol–water partition coefficient (Wildman–Crippen LogP) is 4.37. The number of halogens is 1. The molecule has 1 unspecified atom stereocenters. The Morgan fingerprint density at radius 2 is 1.80 bits per heavy atom. The van der Waals surface area contributed by atoms with Crippen LogP contribution in [-0.4, -0.2) is 35.6 Å². The highest BCUT2D eigenvalue weighted by atomic mass is 127. The van der Waals surface area contributed by atoms with Crippen LogP contribution in [0.15, 0.2) is 72.0 Å². The van der Waals surface area contributed by atoms with Crippen LogP contribution in [0, 0.1) is 6.92 Å². The third kappa shape index (κ3) is 7.16. The molecule has 0 spiro atoms. The molecule has 0 radical (unpaired) electrons. The fraction of sp³-hybridized carbons (Fsp3) is 0.333. The number of imidazole rings is 1. The van der Waals surface area contributed by atoms with Crippen LogP contribution >= 0.6 is 24.0 Å². The molecule has 1 aromatic heterocycles. The van der Waals surface area contributed by atoms with Gasteiger partial charge < -0.3 is 15.2 Å². The molecule has 3 rings (SSSR count). The van der Waals surface area contributed by atoms with Gasteiger partial charge in [0.2, 0.25) is 0 Å². The standard InChI is InChI=1S/C24H31N5.HI/c1-19-9-11-22(12-10-19)20(2)17-28-24(25-3)27-14-13-23-26-15-16-29(23)18-21-7-5-4-6-8-21;/h4-12,15-16,20H,13-14,17-18H2,1-3H3,(H2,25,27,28);1H. The van der Waals surface area contributed by atoms with Crippen molar-refractivity contribution < 1.29 is 0 Å². The third-order valence-electron chi connectivity index (χ3n) is 5.08. The Bertz CT molecular complexity index is 903. The maximum atomic E-state index is 4.52. The summed E-state index contributed by atoms with van der Waals surface area (Å²) in [5.74, 6) is 2.31. The molecule has 1 heterocycles. The summed E-state index contributed by atoms with van der Waals surface area (Å²) in [6.45, 7) is 6.81. The fourth-order valence-corrected chi connectivity index (χ4v) is 3.27. The van der Waals surface area contributed by atoms with Gasteiger partial charge in [-0.05, 0) is 24.0 Å². The van der Waals surface area contributed by atoms with Crippen molar-refractivity contribution in [2.75, 3.05) is 20.1 Å². The first-order valence-corrected chi connectivity index (χ1v) is 10.2. The van der Waals surface area contributed by atoms with E-state index in [2.05, 4.69) is 87.6 Å². The Balaban J connectivity index is 0.00000320. The molecule has 3 aromatic rings. The molecule has 6 heteroatoms. The van der Waals surface area contributed by atoms with E-state index in [0.29, 0.717) is 5.92 Å². The molecule has 0 saturated carbocycles. The van der Waals surface area contributed by atoms with E-state index in [-0.39, 0.29) is 24.0 Å². The van der Waals surface area contributed by atoms with Gasteiger partial charge in [-0.3, -0.25) is 4.99 Å². The van der Waals surface area contributed by atoms with Crippen molar-refractivity contribution in [1.29, 1.82) is 0 Å². The molecule has 0 aliphatic heterocycles. The molecule has 0 amide bonds. The molecule has 2 N–H and O–H groups in total. The van der Waals surface area contributed by atoms with E-state index in [4.69, 9.17) is 0 Å². The minimum atomic E-state index is 0. The average Bonchev–Trinajstić information content (AvgIpc) is 3.18. The highest BCUT2D eigenvalue weighted by molar-refractivity contribution is 14.0. The Morgan fingerprint density at radius 1 is 1.07 bits per heavy atom. The first-order valence-electron chi connectivity index (χ1n) is 10.2. The van der Waals surface area contributed by atoms with Crippen molar-refractivity contribution in [1.82, 2.24) is 20.2 Å². The first kappa shape index (κ1) is 23.9. The second-order valence-corrected chi connectivity index (χ2v) is 7.40. The van der Waals surface area contributed by atoms with Crippen molar-refractivity contribution >= 4 is 29.9 Å². The molecule has 1 atom stereocenters. The summed E-state index contributed by atoms with van der Waals surface area (Å²) >= 11 is 0. The largest absolute Gasteiger partial charge is 0.356 e. The van der Waals surface area contributed by atoms with Crippen LogP contribution in [-0.2, 0) is 13.0 Å². The smallest absolute Gasteiger partial charge is 0.191 e. The zero-order chi connectivity index (χ0) is 20.5. The van der Waals surface area contributed by atoms with Gasteiger partial charge in [0.15, 0.2) is 5.96 Å². The summed E-state index contributed by atoms with van der Waals surface area (Å²) in [6.07, 6.45) is 4.75. The Hall–Kier alpha value is -2.35. The highest BCUT2D eigenvalue weighted by Gasteiger charge is 2.08. The monoisotopic (exact) mass is 517 g/mol. The predicted molar refractivity (Wildman–Crippen MR) is 136 cm³/mol. The van der Waals surface area contributed by atoms with E-state index >= 15 is 0 Å². The molecule has 5 nitrogen and oxygen atoms in total. The van der Waals surface area contributed by atoms with Crippen molar-refractivity contribution in [2.45, 2.75) is 32.7 Å². The molecule has 0 aliphatic carbocycles. The lowest BCUT2D eigenvalue weighted by Crippen LogP contribution is -2.40. The summed E-state index contributed by atoms with van der Waals surface area (Å²) in [6, 6.07) is 19.2. The van der Waals surface area contributed by atoms with Gasteiger partial charge in [0.25, 0.3) is 0 Å². The number of aromatic nitrogens is 2. The van der Waals surface area contributed by atoms with E-state index in [0.717, 1.165) is 37.8 Å². The summed E-state index contributed by atoms with van der Waals surface area (Å²) < 4.78 is 2.20. The fourth-order valence-electron chi connectivity index (χ4n) is 3.27. The van der Waals surface area contributed by atoms with Gasteiger partial charge in [-0.1, -0.05) is 67.1 Å². The number of benzene rings is 2. The SMILES string of the molecule is CN=C(NCCc1nccn1Cc1ccccc1)NCC(C)c1ccc(C)cc1.I. The van der Waals surface area contributed by atoms with Gasteiger partial charge in [0.05, 0.1) is 0 Å². The first-order chi connectivity index (χ1) is 14.2. The van der Waals surface area contributed by atoms with E-state index in [1.54, 1.807) is 0 Å². The van der Waals surface area contributed by atoms with Crippen LogP contribution in [0.25, 0.3) is 0 Å². The maximum absolute atomic E-state index is 4.52. The second kappa shape index (κ2) is 12.4. The molecule has 0 bridgehead atoms. The van der Waals surface area contributed by atoms with Gasteiger partial charge in [-0.2, -0.15) is 0 Å². The van der Waals surface area contributed by atoms with Crippen LogP contribution in [0.3, 0.4) is 0 Å². The third-order valence-corrected chi connectivity index (χ3v) is 5.08. The molecule has 2 aromatic carbocycles. The summed E-state index contributed by atoms with van der Waals surface area (Å²) in [5, 5.41) is 6.83. The van der Waals surface area contributed by atoms with Crippen molar-refractivity contribution in [2.24, 2.45) is 4.99 Å². The molecule has 0 fully saturated rings. The van der Waals surface area contributed by atoms with E-state index in [1.165, 1.54) is 16.7 Å². The Kier molecular flexibility index (Phi) is 9.86. The van der Waals surface area contributed by atoms with Gasteiger partial charge in [-0.25, -0.2) is 4.98 Å². The minimum Gasteiger partial charge on any atom is -0.356 e. The summed E-state index contributed by atoms with van der Waals surface area (Å²) in [4.78, 5) is 8.86. The van der Waals surface area contributed by atoms with Crippen molar-refractivity contribution in [3.05, 3.63) is 89.5 Å². The number of hydrogen-bond donors (Lipinski definition) is 2. The quantitative estimate of drug-likeness (QED) is 0.265. The molecular weight excluding hydrogens is 485 g/mol. The van der Waals surface area contributed by atoms with Crippen molar-refractivity contribution in [3.8, 4) is 0 Å². The normalized spacial score (nSPS) is 12.2. The van der Waals surface area contributed by atoms with Gasteiger partial charge in [-0.15, -0.1) is 24.0 Å². The number of nitrogens with zero attached hydrogens (tertiary/aromatic N) is 3. The average molecular weight is 517 g/mol. The molecule has 160 valence electrons. The second-order valence-electron chi connectivity index (χ2n) is 7.40. The van der Waals surface area contributed by atoms with Crippen LogP contribution < -0.4 is 10.6 Å². The maximum Gasteiger partial charge on any atom is 0.191 e. The number of hydrogen-bond acceptors (Lipinski definition) is 2. The molecule has 0 saturated heterocycles. The molecular formula is C24H32IN5. The lowest BCUT2D eigenvalue weighted by atomic mass is 10.0. The number of rotatable bonds is 8. The van der Waals surface area contributed by atoms with Crippen molar-refractivity contribution in [3.63, 3.8) is 0 Å². The van der Waals surface area contributed by atoms with E-state index < -0.39 is 0 Å². The number of aliphatic imine (C=N–C) groups is 1. The van der Waals surface area contributed by atoms with Crippen LogP contribution in [0.1, 0.15) is 35.4 Å². The van der Waals surface area contributed by atoms with E-state index in [1.807, 2.05) is 25.5 Å². The lowest BCUT2D eigenvalue weighted by Gasteiger charge is -2.17. The van der Waals surface area contributed by atoms with Gasteiger partial charge >= 0.3 is 0 Å². The van der Waals surface area contributed by atoms with Gasteiger partial charge in [0, 0.05) is 45.5 Å². The van der Waals surface area contributed by atoms with Crippen LogP contribution in [0.4, 0.5) is 0 Å². The summed E-state index contributed by atoms with van der Waals surface area (Å²) in [7, 11) is 1.81. The highest BCUT2D eigenvalue weighted by Crippen LogP contribution is 2.14. The Morgan fingerprint density at radius 3 is 2.50 bits per heavy atom. The zero-order valence-electron chi connectivity index (χ0n) is 18.0. The van der Waals surface area contributed by atoms with Gasteiger partial charge in [0.1, 0.15) is 5.82 Å². The van der Waals surface area contributed by atoms with Crippen LogP contribution in [0.2, 0.25) is 0 Å². The Labute approximate surface area is 197 Å². The summed E-state index contributed by atoms with van der Waals surface area (Å²) in [5.41, 5.74) is 3.90. The number of guanidine groups is 1. The molecule has 0 aliphatic rings. The van der Waals surface area contributed by atoms with Crippen LogP contribution in [0.5, 0.6) is 0 Å². The topological polar surface area (TPSA) is 54.2 Å². The number of aryl methyl sites for hydroxylation is 1. The molecule has 30 heavy (non-hydrogen) atoms. The minimum absolute atomic E-state index is 0.